The average Bonchev–Trinajstić information content (AvgIpc) is 2.58. The fraction of sp³-hybridized carbons (Fsp3) is 0.316. The zero-order chi connectivity index (χ0) is 17.4. The van der Waals surface area contributed by atoms with E-state index in [2.05, 4.69) is 5.32 Å². The van der Waals surface area contributed by atoms with E-state index in [1.165, 1.54) is 17.0 Å². The van der Waals surface area contributed by atoms with Crippen molar-refractivity contribution in [3.63, 3.8) is 0 Å². The van der Waals surface area contributed by atoms with Gasteiger partial charge < -0.3 is 15.0 Å². The summed E-state index contributed by atoms with van der Waals surface area (Å²) in [6.07, 6.45) is 0. The van der Waals surface area contributed by atoms with Crippen molar-refractivity contribution in [3.8, 4) is 0 Å². The molecule has 0 aliphatic carbocycles. The lowest BCUT2D eigenvalue weighted by Crippen LogP contribution is -2.36. The lowest BCUT2D eigenvalue weighted by atomic mass is 10.1. The molecule has 24 heavy (non-hydrogen) atoms. The van der Waals surface area contributed by atoms with Gasteiger partial charge in [-0.15, -0.1) is 0 Å². The summed E-state index contributed by atoms with van der Waals surface area (Å²) in [4.78, 5) is 13.7. The van der Waals surface area contributed by atoms with E-state index in [0.29, 0.717) is 26.3 Å². The minimum atomic E-state index is -0.300. The normalized spacial score (nSPS) is 10.5. The Kier molecular flexibility index (Phi) is 6.75. The van der Waals surface area contributed by atoms with Gasteiger partial charge in [-0.2, -0.15) is 0 Å². The molecule has 0 aromatic heterocycles. The smallest absolute Gasteiger partial charge is 0.317 e. The molecule has 0 aliphatic heterocycles. The van der Waals surface area contributed by atoms with Gasteiger partial charge >= 0.3 is 6.03 Å². The number of ether oxygens (including phenoxy) is 1. The van der Waals surface area contributed by atoms with E-state index in [4.69, 9.17) is 4.74 Å². The summed E-state index contributed by atoms with van der Waals surface area (Å²) >= 11 is 0. The SMILES string of the molecule is CCOCc1ccccc1CNC(=O)N(C)Cc1cccc(F)c1. The molecule has 0 saturated heterocycles. The number of hydrogen-bond acceptors (Lipinski definition) is 2. The molecule has 128 valence electrons. The fourth-order valence-electron chi connectivity index (χ4n) is 2.37. The van der Waals surface area contributed by atoms with Gasteiger partial charge in [0, 0.05) is 26.7 Å². The Balaban J connectivity index is 1.90. The highest BCUT2D eigenvalue weighted by molar-refractivity contribution is 5.73. The molecule has 2 rings (SSSR count). The maximum atomic E-state index is 13.2. The highest BCUT2D eigenvalue weighted by Crippen LogP contribution is 2.11. The van der Waals surface area contributed by atoms with Crippen LogP contribution in [0.5, 0.6) is 0 Å². The Hall–Kier alpha value is -2.40. The minimum Gasteiger partial charge on any atom is -0.377 e. The number of carbonyl (C=O) groups excluding carboxylic acids is 1. The fourth-order valence-corrected chi connectivity index (χ4v) is 2.37. The Bertz CT molecular complexity index is 676. The molecule has 0 saturated carbocycles. The van der Waals surface area contributed by atoms with Crippen LogP contribution in [0.25, 0.3) is 0 Å². The summed E-state index contributed by atoms with van der Waals surface area (Å²) in [5.74, 6) is -0.300. The lowest BCUT2D eigenvalue weighted by molar-refractivity contribution is 0.133. The number of nitrogens with zero attached hydrogens (tertiary/aromatic N) is 1. The highest BCUT2D eigenvalue weighted by atomic mass is 19.1. The van der Waals surface area contributed by atoms with Gasteiger partial charge in [-0.3, -0.25) is 0 Å². The summed E-state index contributed by atoms with van der Waals surface area (Å²) < 4.78 is 18.6. The molecule has 0 atom stereocenters. The zero-order valence-electron chi connectivity index (χ0n) is 14.1. The molecule has 5 heteroatoms. The van der Waals surface area contributed by atoms with Gasteiger partial charge in [0.25, 0.3) is 0 Å². The molecular weight excluding hydrogens is 307 g/mol. The molecule has 1 N–H and O–H groups in total. The van der Waals surface area contributed by atoms with Gasteiger partial charge in [0.15, 0.2) is 0 Å². The number of benzene rings is 2. The molecule has 0 radical (unpaired) electrons. The second kappa shape index (κ2) is 9.03. The monoisotopic (exact) mass is 330 g/mol. The first-order valence-electron chi connectivity index (χ1n) is 7.98. The van der Waals surface area contributed by atoms with Gasteiger partial charge in [-0.25, -0.2) is 9.18 Å². The summed E-state index contributed by atoms with van der Waals surface area (Å²) in [6, 6.07) is 13.9. The number of urea groups is 1. The van der Waals surface area contributed by atoms with Crippen LogP contribution in [-0.2, 0) is 24.4 Å². The molecule has 2 aromatic rings. The Morgan fingerprint density at radius 2 is 1.92 bits per heavy atom. The quantitative estimate of drug-likeness (QED) is 0.841. The Morgan fingerprint density at radius 1 is 1.17 bits per heavy atom. The van der Waals surface area contributed by atoms with Crippen molar-refractivity contribution in [1.82, 2.24) is 10.2 Å². The number of hydrogen-bond donors (Lipinski definition) is 1. The molecule has 0 aliphatic rings. The van der Waals surface area contributed by atoms with Crippen LogP contribution in [0.2, 0.25) is 0 Å². The van der Waals surface area contributed by atoms with Gasteiger partial charge in [-0.1, -0.05) is 36.4 Å². The van der Waals surface area contributed by atoms with Crippen LogP contribution in [0.15, 0.2) is 48.5 Å². The van der Waals surface area contributed by atoms with E-state index in [9.17, 15) is 9.18 Å². The third-order valence-electron chi connectivity index (χ3n) is 3.67. The average molecular weight is 330 g/mol. The molecule has 4 nitrogen and oxygen atoms in total. The second-order valence-electron chi connectivity index (χ2n) is 5.55. The van der Waals surface area contributed by atoms with Crippen molar-refractivity contribution in [2.24, 2.45) is 0 Å². The van der Waals surface area contributed by atoms with Crippen molar-refractivity contribution < 1.29 is 13.9 Å². The number of carbonyl (C=O) groups is 1. The van der Waals surface area contributed by atoms with E-state index in [-0.39, 0.29) is 11.8 Å². The van der Waals surface area contributed by atoms with Crippen LogP contribution in [-0.4, -0.2) is 24.6 Å². The van der Waals surface area contributed by atoms with E-state index in [1.54, 1.807) is 19.2 Å². The molecular formula is C19H23FN2O2. The van der Waals surface area contributed by atoms with E-state index < -0.39 is 0 Å². The van der Waals surface area contributed by atoms with Crippen LogP contribution in [0.1, 0.15) is 23.6 Å². The molecule has 2 aromatic carbocycles. The maximum absolute atomic E-state index is 13.2. The number of halogens is 1. The lowest BCUT2D eigenvalue weighted by Gasteiger charge is -2.19. The number of nitrogens with one attached hydrogen (secondary N) is 1. The summed E-state index contributed by atoms with van der Waals surface area (Å²) in [5, 5.41) is 2.89. The third kappa shape index (κ3) is 5.35. The van der Waals surface area contributed by atoms with Crippen LogP contribution < -0.4 is 5.32 Å². The summed E-state index contributed by atoms with van der Waals surface area (Å²) in [7, 11) is 1.69. The first-order valence-corrected chi connectivity index (χ1v) is 7.98. The van der Waals surface area contributed by atoms with Crippen molar-refractivity contribution in [2.45, 2.75) is 26.6 Å². The molecule has 0 unspecified atom stereocenters. The van der Waals surface area contributed by atoms with Gasteiger partial charge in [0.2, 0.25) is 0 Å². The first kappa shape index (κ1) is 17.9. The third-order valence-corrected chi connectivity index (χ3v) is 3.67. The van der Waals surface area contributed by atoms with Crippen molar-refractivity contribution in [2.75, 3.05) is 13.7 Å². The second-order valence-corrected chi connectivity index (χ2v) is 5.55. The summed E-state index contributed by atoms with van der Waals surface area (Å²) in [5.41, 5.74) is 2.84. The van der Waals surface area contributed by atoms with Gasteiger partial charge in [0.1, 0.15) is 5.82 Å². The Labute approximate surface area is 142 Å². The topological polar surface area (TPSA) is 41.6 Å². The van der Waals surface area contributed by atoms with Crippen LogP contribution in [0, 0.1) is 5.82 Å². The van der Waals surface area contributed by atoms with Crippen LogP contribution in [0.3, 0.4) is 0 Å². The van der Waals surface area contributed by atoms with Crippen molar-refractivity contribution in [3.05, 3.63) is 71.0 Å². The molecule has 0 bridgehead atoms. The van der Waals surface area contributed by atoms with Crippen LogP contribution in [0.4, 0.5) is 9.18 Å². The van der Waals surface area contributed by atoms with Crippen molar-refractivity contribution in [1.29, 1.82) is 0 Å². The first-order chi connectivity index (χ1) is 11.6. The molecule has 0 spiro atoms. The maximum Gasteiger partial charge on any atom is 0.317 e. The zero-order valence-corrected chi connectivity index (χ0v) is 14.1. The van der Waals surface area contributed by atoms with Gasteiger partial charge in [0.05, 0.1) is 6.61 Å². The molecule has 0 fully saturated rings. The highest BCUT2D eigenvalue weighted by Gasteiger charge is 2.10. The van der Waals surface area contributed by atoms with Gasteiger partial charge in [-0.05, 0) is 35.7 Å². The predicted octanol–water partition coefficient (Wildman–Crippen LogP) is 3.70. The van der Waals surface area contributed by atoms with E-state index >= 15 is 0 Å². The van der Waals surface area contributed by atoms with E-state index in [0.717, 1.165) is 16.7 Å². The van der Waals surface area contributed by atoms with Crippen molar-refractivity contribution >= 4 is 6.03 Å². The number of amides is 2. The molecule has 0 heterocycles. The summed E-state index contributed by atoms with van der Waals surface area (Å²) in [6.45, 7) is 3.91. The minimum absolute atomic E-state index is 0.203. The number of rotatable bonds is 7. The largest absolute Gasteiger partial charge is 0.377 e. The standard InChI is InChI=1S/C19H23FN2O2/c1-3-24-14-17-9-5-4-8-16(17)12-21-19(23)22(2)13-15-7-6-10-18(20)11-15/h4-11H,3,12-14H2,1-2H3,(H,21,23). The molecule has 2 amide bonds. The van der Waals surface area contributed by atoms with Crippen LogP contribution >= 0.6 is 0 Å². The van der Waals surface area contributed by atoms with E-state index in [1.807, 2.05) is 31.2 Å². The Morgan fingerprint density at radius 3 is 2.62 bits per heavy atom. The predicted molar refractivity (Wildman–Crippen MR) is 91.9 cm³/mol.